The summed E-state index contributed by atoms with van der Waals surface area (Å²) in [6.45, 7) is 6.47. The fourth-order valence-corrected chi connectivity index (χ4v) is 8.68. The quantitative estimate of drug-likeness (QED) is 0.0261. The summed E-state index contributed by atoms with van der Waals surface area (Å²) in [7, 11) is 0. The molecule has 0 aliphatic rings. The topological polar surface area (TPSA) is 78.9 Å². The Labute approximate surface area is 440 Å². The molecule has 0 N–H and O–H groups in total. The maximum atomic E-state index is 12.8. The van der Waals surface area contributed by atoms with Gasteiger partial charge >= 0.3 is 17.9 Å². The molecule has 1 unspecified atom stereocenters. The van der Waals surface area contributed by atoms with Gasteiger partial charge in [-0.15, -0.1) is 0 Å². The number of ether oxygens (including phenoxy) is 3. The molecule has 1 atom stereocenters. The van der Waals surface area contributed by atoms with Crippen LogP contribution in [0.3, 0.4) is 0 Å². The van der Waals surface area contributed by atoms with Crippen LogP contribution in [-0.2, 0) is 28.6 Å². The Balaban J connectivity index is 3.96. The Hall–Kier alpha value is -3.15. The lowest BCUT2D eigenvalue weighted by atomic mass is 10.0. The van der Waals surface area contributed by atoms with E-state index in [9.17, 15) is 14.4 Å². The summed E-state index contributed by atoms with van der Waals surface area (Å²) in [4.78, 5) is 37.8. The number of unbranched alkanes of at least 4 members (excludes halogenated alkanes) is 32. The van der Waals surface area contributed by atoms with E-state index in [0.29, 0.717) is 19.3 Å². The summed E-state index contributed by atoms with van der Waals surface area (Å²) in [5, 5.41) is 0. The Kier molecular flexibility index (Phi) is 56.8. The second kappa shape index (κ2) is 59.4. The highest BCUT2D eigenvalue weighted by molar-refractivity contribution is 5.71. The van der Waals surface area contributed by atoms with Crippen LogP contribution in [0.25, 0.3) is 0 Å². The van der Waals surface area contributed by atoms with Gasteiger partial charge in [0.1, 0.15) is 13.2 Å². The Bertz CT molecular complexity index is 1320. The van der Waals surface area contributed by atoms with Crippen molar-refractivity contribution in [2.75, 3.05) is 13.2 Å². The summed E-state index contributed by atoms with van der Waals surface area (Å²) in [5.41, 5.74) is 0. The molecule has 0 aliphatic carbocycles. The molecule has 0 spiro atoms. The third-order valence-electron chi connectivity index (χ3n) is 13.2. The van der Waals surface area contributed by atoms with Crippen LogP contribution < -0.4 is 0 Å². The smallest absolute Gasteiger partial charge is 0.306 e. The molecule has 71 heavy (non-hydrogen) atoms. The van der Waals surface area contributed by atoms with Gasteiger partial charge < -0.3 is 14.2 Å². The van der Waals surface area contributed by atoms with Crippen LogP contribution in [0.5, 0.6) is 0 Å². The third-order valence-corrected chi connectivity index (χ3v) is 13.2. The Morgan fingerprint density at radius 3 is 0.859 bits per heavy atom. The fraction of sp³-hybridized carbons (Fsp3) is 0.769. The van der Waals surface area contributed by atoms with Crippen LogP contribution >= 0.6 is 0 Å². The molecule has 0 saturated heterocycles. The number of allylic oxidation sites excluding steroid dienone is 12. The molecule has 0 saturated carbocycles. The van der Waals surface area contributed by atoms with Crippen molar-refractivity contribution in [3.05, 3.63) is 72.9 Å². The number of carbonyl (C=O) groups excluding carboxylic acids is 3. The summed E-state index contributed by atoms with van der Waals surface area (Å²) >= 11 is 0. The van der Waals surface area contributed by atoms with Gasteiger partial charge in [0.05, 0.1) is 0 Å². The molecular formula is C65H114O6. The van der Waals surface area contributed by atoms with Crippen molar-refractivity contribution in [1.82, 2.24) is 0 Å². The highest BCUT2D eigenvalue weighted by atomic mass is 16.6. The zero-order valence-electron chi connectivity index (χ0n) is 47.0. The molecule has 0 heterocycles. The van der Waals surface area contributed by atoms with E-state index in [1.807, 2.05) is 0 Å². The van der Waals surface area contributed by atoms with Gasteiger partial charge in [0.15, 0.2) is 6.10 Å². The first-order chi connectivity index (χ1) is 35.0. The van der Waals surface area contributed by atoms with E-state index in [4.69, 9.17) is 14.2 Å². The van der Waals surface area contributed by atoms with Crippen molar-refractivity contribution in [2.45, 2.75) is 309 Å². The largest absolute Gasteiger partial charge is 0.462 e. The molecule has 0 fully saturated rings. The highest BCUT2D eigenvalue weighted by Gasteiger charge is 2.19. The van der Waals surface area contributed by atoms with Gasteiger partial charge in [-0.25, -0.2) is 0 Å². The monoisotopic (exact) mass is 991 g/mol. The van der Waals surface area contributed by atoms with Crippen LogP contribution in [0.1, 0.15) is 303 Å². The van der Waals surface area contributed by atoms with E-state index >= 15 is 0 Å². The van der Waals surface area contributed by atoms with Crippen LogP contribution in [0.15, 0.2) is 72.9 Å². The first-order valence-electron chi connectivity index (χ1n) is 30.4. The van der Waals surface area contributed by atoms with Gasteiger partial charge in [0.2, 0.25) is 0 Å². The van der Waals surface area contributed by atoms with Crippen molar-refractivity contribution in [3.63, 3.8) is 0 Å². The Morgan fingerprint density at radius 1 is 0.296 bits per heavy atom. The molecule has 0 radical (unpaired) electrons. The normalized spacial score (nSPS) is 12.5. The van der Waals surface area contributed by atoms with Gasteiger partial charge in [-0.1, -0.05) is 286 Å². The Morgan fingerprint density at radius 2 is 0.549 bits per heavy atom. The van der Waals surface area contributed by atoms with Gasteiger partial charge in [0.25, 0.3) is 0 Å². The number of carbonyl (C=O) groups is 3. The number of rotatable bonds is 55. The molecule has 0 bridgehead atoms. The van der Waals surface area contributed by atoms with Crippen LogP contribution in [0, 0.1) is 0 Å². The predicted molar refractivity (Wildman–Crippen MR) is 307 cm³/mol. The van der Waals surface area contributed by atoms with Crippen molar-refractivity contribution in [2.24, 2.45) is 0 Å². The van der Waals surface area contributed by atoms with Gasteiger partial charge in [-0.05, 0) is 70.6 Å². The minimum Gasteiger partial charge on any atom is -0.462 e. The molecule has 0 aliphatic heterocycles. The fourth-order valence-electron chi connectivity index (χ4n) is 8.68. The van der Waals surface area contributed by atoms with E-state index in [1.165, 1.54) is 161 Å². The van der Waals surface area contributed by atoms with Gasteiger partial charge in [-0.2, -0.15) is 0 Å². The summed E-state index contributed by atoms with van der Waals surface area (Å²) in [5.74, 6) is -0.873. The zero-order valence-corrected chi connectivity index (χ0v) is 47.0. The minimum atomic E-state index is -0.767. The minimum absolute atomic E-state index is 0.0712. The van der Waals surface area contributed by atoms with E-state index in [1.54, 1.807) is 0 Å². The average Bonchev–Trinajstić information content (AvgIpc) is 3.37. The molecule has 0 aromatic carbocycles. The van der Waals surface area contributed by atoms with Crippen LogP contribution in [0.2, 0.25) is 0 Å². The predicted octanol–water partition coefficient (Wildman–Crippen LogP) is 20.5. The number of esters is 3. The average molecular weight is 992 g/mol. The summed E-state index contributed by atoms with van der Waals surface area (Å²) < 4.78 is 16.7. The van der Waals surface area contributed by atoms with Crippen LogP contribution in [0.4, 0.5) is 0 Å². The molecule has 6 nitrogen and oxygen atoms in total. The number of hydrogen-bond acceptors (Lipinski definition) is 6. The van der Waals surface area contributed by atoms with E-state index in [2.05, 4.69) is 93.7 Å². The van der Waals surface area contributed by atoms with Crippen molar-refractivity contribution < 1.29 is 28.6 Å². The first kappa shape index (κ1) is 67.8. The third kappa shape index (κ3) is 57.6. The molecule has 0 aromatic rings. The molecule has 0 amide bonds. The summed E-state index contributed by atoms with van der Waals surface area (Å²) in [6.07, 6.45) is 76.7. The lowest BCUT2D eigenvalue weighted by molar-refractivity contribution is -0.167. The van der Waals surface area contributed by atoms with Gasteiger partial charge in [-0.3, -0.25) is 14.4 Å². The lowest BCUT2D eigenvalue weighted by Crippen LogP contribution is -2.30. The maximum absolute atomic E-state index is 12.8. The highest BCUT2D eigenvalue weighted by Crippen LogP contribution is 2.17. The van der Waals surface area contributed by atoms with E-state index in [-0.39, 0.29) is 31.1 Å². The molecule has 6 heteroatoms. The number of hydrogen-bond donors (Lipinski definition) is 0. The standard InChI is InChI=1S/C65H114O6/c1-4-7-10-13-15-17-19-21-23-24-25-26-27-28-29-30-31-32-33-34-35-36-37-38-39-40-42-43-45-47-49-52-55-58-64(67)70-61-62(60-69-63(66)57-54-51-12-9-6-3)71-65(68)59-56-53-50-48-46-44-41-22-20-18-16-14-11-8-5-2/h7,10,15,17,21,23,25-26,28-29,31-32,62H,4-6,8-9,11-14,16,18-20,22,24,27,30,33-61H2,1-3H3/b10-7-,17-15-,23-21-,26-25-,29-28-,32-31-. The maximum Gasteiger partial charge on any atom is 0.306 e. The lowest BCUT2D eigenvalue weighted by Gasteiger charge is -2.18. The molecule has 0 rings (SSSR count). The second-order valence-corrected chi connectivity index (χ2v) is 20.2. The first-order valence-corrected chi connectivity index (χ1v) is 30.4. The molecular weight excluding hydrogens is 877 g/mol. The molecule has 410 valence electrons. The second-order valence-electron chi connectivity index (χ2n) is 20.2. The van der Waals surface area contributed by atoms with Crippen molar-refractivity contribution in [1.29, 1.82) is 0 Å². The van der Waals surface area contributed by atoms with Gasteiger partial charge in [0, 0.05) is 19.3 Å². The van der Waals surface area contributed by atoms with Crippen molar-refractivity contribution in [3.8, 4) is 0 Å². The zero-order chi connectivity index (χ0) is 51.4. The van der Waals surface area contributed by atoms with E-state index in [0.717, 1.165) is 103 Å². The van der Waals surface area contributed by atoms with E-state index < -0.39 is 6.10 Å². The molecule has 0 aromatic heterocycles. The SMILES string of the molecule is CC/C=C\C/C=C\C/C=C\C/C=C\C/C=C\C/C=C\CCCCCCCCCCCCCCCCC(=O)OCC(COC(=O)CCCCCCC)OC(=O)CCCCCCCCCCCCCCCCC. The summed E-state index contributed by atoms with van der Waals surface area (Å²) in [6, 6.07) is 0. The van der Waals surface area contributed by atoms with Crippen LogP contribution in [-0.4, -0.2) is 37.2 Å². The van der Waals surface area contributed by atoms with Crippen molar-refractivity contribution >= 4 is 17.9 Å².